The fourth-order valence-corrected chi connectivity index (χ4v) is 4.41. The summed E-state index contributed by atoms with van der Waals surface area (Å²) in [4.78, 5) is 2.63. The molecule has 2 aromatic carbocycles. The molecule has 147 valence electrons. The summed E-state index contributed by atoms with van der Waals surface area (Å²) >= 11 is 0. The molecular formula is C25H39AlN. The Balaban J connectivity index is 0.00000364. The second-order valence-electron chi connectivity index (χ2n) is 8.38. The first kappa shape index (κ1) is 23.8. The van der Waals surface area contributed by atoms with E-state index in [9.17, 15) is 0 Å². The lowest BCUT2D eigenvalue weighted by Gasteiger charge is -2.48. The average molecular weight is 381 g/mol. The molecule has 2 heteroatoms. The van der Waals surface area contributed by atoms with Crippen molar-refractivity contribution in [3.8, 4) is 0 Å². The number of para-hydroxylation sites is 2. The molecule has 0 aliphatic heterocycles. The van der Waals surface area contributed by atoms with Crippen LogP contribution in [0.4, 0.5) is 11.4 Å². The van der Waals surface area contributed by atoms with Gasteiger partial charge in [-0.3, -0.25) is 0 Å². The maximum absolute atomic E-state index is 4.13. The van der Waals surface area contributed by atoms with E-state index in [1.54, 1.807) is 0 Å². The Morgan fingerprint density at radius 1 is 0.778 bits per heavy atom. The standard InChI is InChI=1S/C25H36N.Al.3H/c1-6-7-18-25(19-21(2)3,20-22(4)5)26(23-14-10-8-11-15-23)24-16-12-9-13-17-24;;;;/h8-17,21-22H,1,6-7,18-20H2,2-5H3;;;;. The van der Waals surface area contributed by atoms with Gasteiger partial charge in [0.15, 0.2) is 17.4 Å². The van der Waals surface area contributed by atoms with Gasteiger partial charge < -0.3 is 4.90 Å². The van der Waals surface area contributed by atoms with Crippen molar-refractivity contribution in [1.82, 2.24) is 0 Å². The molecule has 0 aromatic heterocycles. The van der Waals surface area contributed by atoms with Gasteiger partial charge in [-0.05, 0) is 55.4 Å². The molecule has 0 saturated carbocycles. The lowest BCUT2D eigenvalue weighted by Crippen LogP contribution is -2.48. The van der Waals surface area contributed by atoms with Crippen molar-refractivity contribution >= 4 is 28.7 Å². The van der Waals surface area contributed by atoms with Gasteiger partial charge in [0.1, 0.15) is 0 Å². The molecule has 0 saturated heterocycles. The van der Waals surface area contributed by atoms with E-state index in [-0.39, 0.29) is 22.9 Å². The SMILES string of the molecule is [AlH3].[CH2]CCCC(CC(C)C)(CC(C)C)N(c1ccccc1)c1ccccc1. The summed E-state index contributed by atoms with van der Waals surface area (Å²) in [5.74, 6) is 1.29. The highest BCUT2D eigenvalue weighted by Crippen LogP contribution is 2.43. The van der Waals surface area contributed by atoms with Gasteiger partial charge in [-0.25, -0.2) is 0 Å². The summed E-state index contributed by atoms with van der Waals surface area (Å²) in [6, 6.07) is 21.9. The van der Waals surface area contributed by atoms with Crippen LogP contribution in [0.5, 0.6) is 0 Å². The Morgan fingerprint density at radius 2 is 1.19 bits per heavy atom. The highest BCUT2D eigenvalue weighted by atomic mass is 27.0. The van der Waals surface area contributed by atoms with Crippen LogP contribution in [-0.4, -0.2) is 22.9 Å². The number of unbranched alkanes of at least 4 members (excludes halogenated alkanes) is 1. The highest BCUT2D eigenvalue weighted by Gasteiger charge is 2.38. The van der Waals surface area contributed by atoms with E-state index in [0.29, 0.717) is 11.8 Å². The normalized spacial score (nSPS) is 11.5. The van der Waals surface area contributed by atoms with Crippen molar-refractivity contribution in [2.45, 2.75) is 65.3 Å². The average Bonchev–Trinajstić information content (AvgIpc) is 2.61. The predicted octanol–water partition coefficient (Wildman–Crippen LogP) is 6.48. The molecule has 0 fully saturated rings. The van der Waals surface area contributed by atoms with Gasteiger partial charge in [0.25, 0.3) is 0 Å². The third-order valence-electron chi connectivity index (χ3n) is 4.97. The quantitative estimate of drug-likeness (QED) is 0.427. The lowest BCUT2D eigenvalue weighted by molar-refractivity contribution is 0.259. The minimum Gasteiger partial charge on any atom is -0.335 e. The van der Waals surface area contributed by atoms with E-state index in [2.05, 4.69) is 100 Å². The van der Waals surface area contributed by atoms with E-state index < -0.39 is 0 Å². The zero-order valence-corrected chi connectivity index (χ0v) is 17.1. The zero-order valence-electron chi connectivity index (χ0n) is 17.1. The van der Waals surface area contributed by atoms with E-state index in [1.807, 2.05) is 0 Å². The first-order valence-corrected chi connectivity index (χ1v) is 10.2. The molecule has 2 rings (SSSR count). The molecule has 1 nitrogen and oxygen atoms in total. The Morgan fingerprint density at radius 3 is 1.52 bits per heavy atom. The van der Waals surface area contributed by atoms with Crippen LogP contribution in [0, 0.1) is 18.8 Å². The van der Waals surface area contributed by atoms with Crippen molar-refractivity contribution in [1.29, 1.82) is 0 Å². The van der Waals surface area contributed by atoms with Gasteiger partial charge in [0.2, 0.25) is 0 Å². The Hall–Kier alpha value is -1.23. The van der Waals surface area contributed by atoms with Gasteiger partial charge in [0.05, 0.1) is 0 Å². The molecule has 0 amide bonds. The van der Waals surface area contributed by atoms with Crippen LogP contribution in [-0.2, 0) is 0 Å². The number of anilines is 2. The van der Waals surface area contributed by atoms with Gasteiger partial charge in [0, 0.05) is 16.9 Å². The maximum atomic E-state index is 4.13. The summed E-state index contributed by atoms with van der Waals surface area (Å²) in [5.41, 5.74) is 2.70. The summed E-state index contributed by atoms with van der Waals surface area (Å²) in [6.07, 6.45) is 5.71. The number of hydrogen-bond acceptors (Lipinski definition) is 1. The largest absolute Gasteiger partial charge is 0.335 e. The molecule has 0 spiro atoms. The number of hydrogen-bond donors (Lipinski definition) is 0. The van der Waals surface area contributed by atoms with Crippen LogP contribution < -0.4 is 4.90 Å². The topological polar surface area (TPSA) is 3.24 Å². The zero-order chi connectivity index (χ0) is 19.0. The van der Waals surface area contributed by atoms with Crippen LogP contribution in [0.2, 0.25) is 0 Å². The van der Waals surface area contributed by atoms with Gasteiger partial charge >= 0.3 is 0 Å². The summed E-state index contributed by atoms with van der Waals surface area (Å²) in [7, 11) is 0. The highest BCUT2D eigenvalue weighted by molar-refractivity contribution is 5.75. The fourth-order valence-electron chi connectivity index (χ4n) is 4.41. The molecule has 0 N–H and O–H groups in total. The predicted molar refractivity (Wildman–Crippen MR) is 126 cm³/mol. The van der Waals surface area contributed by atoms with Crippen molar-refractivity contribution in [2.75, 3.05) is 4.90 Å². The van der Waals surface area contributed by atoms with Crippen LogP contribution in [0.1, 0.15) is 59.8 Å². The monoisotopic (exact) mass is 380 g/mol. The summed E-state index contributed by atoms with van der Waals surface area (Å²) in [6.45, 7) is 13.6. The van der Waals surface area contributed by atoms with E-state index in [1.165, 1.54) is 30.6 Å². The number of rotatable bonds is 10. The minimum absolute atomic E-state index is 0. The Labute approximate surface area is 178 Å². The van der Waals surface area contributed by atoms with Crippen LogP contribution in [0.3, 0.4) is 0 Å². The van der Waals surface area contributed by atoms with Crippen molar-refractivity contribution in [2.24, 2.45) is 11.8 Å². The maximum Gasteiger partial charge on any atom is 0.187 e. The van der Waals surface area contributed by atoms with Crippen LogP contribution >= 0.6 is 0 Å². The number of nitrogens with zero attached hydrogens (tertiary/aromatic N) is 1. The number of benzene rings is 2. The fraction of sp³-hybridized carbons (Fsp3) is 0.480. The molecular weight excluding hydrogens is 341 g/mol. The van der Waals surface area contributed by atoms with Gasteiger partial charge in [-0.1, -0.05) is 83.9 Å². The molecule has 27 heavy (non-hydrogen) atoms. The van der Waals surface area contributed by atoms with E-state index >= 15 is 0 Å². The van der Waals surface area contributed by atoms with Gasteiger partial charge in [-0.15, -0.1) is 0 Å². The van der Waals surface area contributed by atoms with E-state index in [0.717, 1.165) is 12.8 Å². The third-order valence-corrected chi connectivity index (χ3v) is 4.97. The molecule has 0 unspecified atom stereocenters. The van der Waals surface area contributed by atoms with Crippen LogP contribution in [0.15, 0.2) is 60.7 Å². The molecule has 0 aliphatic rings. The van der Waals surface area contributed by atoms with Crippen molar-refractivity contribution < 1.29 is 0 Å². The Bertz CT molecular complexity index is 572. The van der Waals surface area contributed by atoms with E-state index in [4.69, 9.17) is 0 Å². The Kier molecular flexibility index (Phi) is 10.2. The first-order valence-electron chi connectivity index (χ1n) is 10.2. The molecule has 0 atom stereocenters. The second kappa shape index (κ2) is 11.6. The van der Waals surface area contributed by atoms with Crippen molar-refractivity contribution in [3.63, 3.8) is 0 Å². The molecule has 0 bridgehead atoms. The van der Waals surface area contributed by atoms with Crippen LogP contribution in [0.25, 0.3) is 0 Å². The van der Waals surface area contributed by atoms with Gasteiger partial charge in [-0.2, -0.15) is 0 Å². The smallest absolute Gasteiger partial charge is 0.187 e. The summed E-state index contributed by atoms with van der Waals surface area (Å²) in [5, 5.41) is 0. The first-order chi connectivity index (χ1) is 12.5. The molecule has 2 aromatic rings. The third kappa shape index (κ3) is 6.70. The molecule has 0 aliphatic carbocycles. The summed E-state index contributed by atoms with van der Waals surface area (Å²) < 4.78 is 0. The molecule has 1 radical (unpaired) electrons. The second-order valence-corrected chi connectivity index (χ2v) is 8.38. The lowest BCUT2D eigenvalue weighted by atomic mass is 9.76. The minimum atomic E-state index is 0. The van der Waals surface area contributed by atoms with Crippen molar-refractivity contribution in [3.05, 3.63) is 67.6 Å². The molecule has 0 heterocycles.